The summed E-state index contributed by atoms with van der Waals surface area (Å²) in [5.74, 6) is -0.540. The van der Waals surface area contributed by atoms with Crippen LogP contribution in [0.15, 0.2) is 83.8 Å². The summed E-state index contributed by atoms with van der Waals surface area (Å²) in [6, 6.07) is 22.0. The zero-order valence-corrected chi connectivity index (χ0v) is 18.8. The summed E-state index contributed by atoms with van der Waals surface area (Å²) in [5, 5.41) is 2.70. The lowest BCUT2D eigenvalue weighted by atomic mass is 10.2. The average Bonchev–Trinajstić information content (AvgIpc) is 2.80. The van der Waals surface area contributed by atoms with E-state index in [4.69, 9.17) is 4.74 Å². The molecular weight excluding hydrogens is 442 g/mol. The molecule has 1 heterocycles. The Morgan fingerprint density at radius 3 is 2.42 bits per heavy atom. The van der Waals surface area contributed by atoms with Gasteiger partial charge in [-0.15, -0.1) is 0 Å². The van der Waals surface area contributed by atoms with Crippen molar-refractivity contribution in [2.24, 2.45) is 0 Å². The van der Waals surface area contributed by atoms with Gasteiger partial charge in [0.25, 0.3) is 10.0 Å². The van der Waals surface area contributed by atoms with Crippen LogP contribution in [0.4, 0.5) is 17.1 Å². The van der Waals surface area contributed by atoms with Gasteiger partial charge in [0.1, 0.15) is 11.4 Å². The summed E-state index contributed by atoms with van der Waals surface area (Å²) in [6.07, 6.45) is 0. The van der Waals surface area contributed by atoms with E-state index in [1.807, 2.05) is 6.07 Å². The minimum absolute atomic E-state index is 0.0116. The number of hydrogen-bond acceptors (Lipinski definition) is 6. The second-order valence-corrected chi connectivity index (χ2v) is 9.18. The first-order valence-electron chi connectivity index (χ1n) is 10.4. The zero-order chi connectivity index (χ0) is 23.4. The van der Waals surface area contributed by atoms with E-state index in [0.29, 0.717) is 17.1 Å². The van der Waals surface area contributed by atoms with Crippen LogP contribution in [0.2, 0.25) is 0 Å². The van der Waals surface area contributed by atoms with Gasteiger partial charge in [-0.05, 0) is 43.3 Å². The largest absolute Gasteiger partial charge is 0.423 e. The van der Waals surface area contributed by atoms with Crippen molar-refractivity contribution in [3.8, 4) is 5.75 Å². The maximum Gasteiger partial charge on any atom is 0.331 e. The zero-order valence-electron chi connectivity index (χ0n) is 18.0. The van der Waals surface area contributed by atoms with Crippen LogP contribution in [-0.4, -0.2) is 39.9 Å². The normalized spacial score (nSPS) is 13.1. The maximum atomic E-state index is 13.5. The molecule has 33 heavy (non-hydrogen) atoms. The molecule has 0 spiro atoms. The lowest BCUT2D eigenvalue weighted by molar-refractivity contribution is -0.133. The molecule has 3 aromatic rings. The number of para-hydroxylation sites is 4. The Morgan fingerprint density at radius 2 is 1.67 bits per heavy atom. The van der Waals surface area contributed by atoms with Crippen molar-refractivity contribution < 1.29 is 22.7 Å². The molecule has 1 amide bonds. The van der Waals surface area contributed by atoms with Crippen LogP contribution in [0.1, 0.15) is 6.92 Å². The Kier molecular flexibility index (Phi) is 6.32. The van der Waals surface area contributed by atoms with Crippen molar-refractivity contribution in [2.45, 2.75) is 11.8 Å². The van der Waals surface area contributed by atoms with E-state index in [1.54, 1.807) is 78.6 Å². The lowest BCUT2D eigenvalue weighted by Crippen LogP contribution is -2.41. The molecule has 9 heteroatoms. The van der Waals surface area contributed by atoms with Crippen LogP contribution in [0, 0.1) is 0 Å². The molecule has 1 N–H and O–H groups in total. The molecular formula is C24H23N3O5S. The Hall–Kier alpha value is -3.85. The first-order chi connectivity index (χ1) is 15.9. The molecule has 0 unspecified atom stereocenters. The van der Waals surface area contributed by atoms with E-state index in [2.05, 4.69) is 5.32 Å². The number of fused-ring (bicyclic) bond motifs is 1. The fourth-order valence-electron chi connectivity index (χ4n) is 3.70. The van der Waals surface area contributed by atoms with E-state index in [9.17, 15) is 18.0 Å². The number of amides is 1. The number of sulfonamides is 1. The predicted octanol–water partition coefficient (Wildman–Crippen LogP) is 3.27. The summed E-state index contributed by atoms with van der Waals surface area (Å²) in [6.45, 7) is 1.75. The highest BCUT2D eigenvalue weighted by molar-refractivity contribution is 7.93. The standard InChI is InChI=1S/C24H23N3O5S/c1-2-27(18-10-4-3-5-11-18)33(30,31)22-15-9-6-12-19(22)25-23(28)16-26-17-24(29)32-21-14-8-7-13-20(21)26/h3-15H,2,16-17H2,1H3,(H,25,28). The van der Waals surface area contributed by atoms with Gasteiger partial charge in [-0.2, -0.15) is 0 Å². The third-order valence-electron chi connectivity index (χ3n) is 5.14. The fourth-order valence-corrected chi connectivity index (χ4v) is 5.33. The molecule has 0 aromatic heterocycles. The van der Waals surface area contributed by atoms with Crippen molar-refractivity contribution in [1.82, 2.24) is 0 Å². The van der Waals surface area contributed by atoms with E-state index < -0.39 is 21.9 Å². The number of benzene rings is 3. The number of nitrogens with zero attached hydrogens (tertiary/aromatic N) is 2. The Balaban J connectivity index is 1.58. The lowest BCUT2D eigenvalue weighted by Gasteiger charge is -2.29. The van der Waals surface area contributed by atoms with E-state index in [1.165, 1.54) is 10.4 Å². The SMILES string of the molecule is CCN(c1ccccc1)S(=O)(=O)c1ccccc1NC(=O)CN1CC(=O)Oc2ccccc21. The molecule has 0 fully saturated rings. The van der Waals surface area contributed by atoms with Crippen LogP contribution < -0.4 is 19.3 Å². The number of anilines is 3. The van der Waals surface area contributed by atoms with Crippen molar-refractivity contribution >= 4 is 39.0 Å². The minimum atomic E-state index is -3.94. The maximum absolute atomic E-state index is 13.5. The topological polar surface area (TPSA) is 96.0 Å². The quantitative estimate of drug-likeness (QED) is 0.425. The van der Waals surface area contributed by atoms with Crippen LogP contribution in [0.25, 0.3) is 0 Å². The van der Waals surface area contributed by atoms with Crippen molar-refractivity contribution in [2.75, 3.05) is 34.2 Å². The summed E-state index contributed by atoms with van der Waals surface area (Å²) in [5.41, 5.74) is 1.32. The highest BCUT2D eigenvalue weighted by atomic mass is 32.2. The van der Waals surface area contributed by atoms with Crippen molar-refractivity contribution in [3.63, 3.8) is 0 Å². The summed E-state index contributed by atoms with van der Waals surface area (Å²) in [7, 11) is -3.94. The molecule has 0 aliphatic carbocycles. The van der Waals surface area contributed by atoms with Crippen LogP contribution in [-0.2, 0) is 19.6 Å². The number of rotatable bonds is 7. The third kappa shape index (κ3) is 4.68. The molecule has 8 nitrogen and oxygen atoms in total. The molecule has 1 aliphatic rings. The second-order valence-electron chi connectivity index (χ2n) is 7.35. The number of hydrogen-bond donors (Lipinski definition) is 1. The molecule has 1 aliphatic heterocycles. The summed E-state index contributed by atoms with van der Waals surface area (Å²) < 4.78 is 33.4. The van der Waals surface area contributed by atoms with Crippen molar-refractivity contribution in [1.29, 1.82) is 0 Å². The molecule has 0 saturated heterocycles. The predicted molar refractivity (Wildman–Crippen MR) is 126 cm³/mol. The van der Waals surface area contributed by atoms with Gasteiger partial charge < -0.3 is 15.0 Å². The van der Waals surface area contributed by atoms with Crippen LogP contribution >= 0.6 is 0 Å². The molecule has 170 valence electrons. The van der Waals surface area contributed by atoms with Gasteiger partial charge in [-0.1, -0.05) is 42.5 Å². The summed E-state index contributed by atoms with van der Waals surface area (Å²) in [4.78, 5) is 26.4. The molecule has 0 radical (unpaired) electrons. The van der Waals surface area contributed by atoms with Gasteiger partial charge in [0.2, 0.25) is 5.91 Å². The number of esters is 1. The van der Waals surface area contributed by atoms with Gasteiger partial charge in [0.05, 0.1) is 23.6 Å². The van der Waals surface area contributed by atoms with Gasteiger partial charge in [0, 0.05) is 6.54 Å². The van der Waals surface area contributed by atoms with Gasteiger partial charge in [0.15, 0.2) is 5.75 Å². The van der Waals surface area contributed by atoms with E-state index in [-0.39, 0.29) is 30.2 Å². The van der Waals surface area contributed by atoms with Gasteiger partial charge in [-0.25, -0.2) is 13.2 Å². The van der Waals surface area contributed by atoms with Gasteiger partial charge in [-0.3, -0.25) is 9.10 Å². The molecule has 0 bridgehead atoms. The Morgan fingerprint density at radius 1 is 1.00 bits per heavy atom. The highest BCUT2D eigenvalue weighted by Crippen LogP contribution is 2.32. The summed E-state index contributed by atoms with van der Waals surface area (Å²) >= 11 is 0. The molecule has 3 aromatic carbocycles. The molecule has 4 rings (SSSR count). The third-order valence-corrected chi connectivity index (χ3v) is 7.11. The van der Waals surface area contributed by atoms with Gasteiger partial charge >= 0.3 is 5.97 Å². The number of nitrogens with one attached hydrogen (secondary N) is 1. The molecule has 0 saturated carbocycles. The smallest absolute Gasteiger partial charge is 0.331 e. The van der Waals surface area contributed by atoms with Crippen LogP contribution in [0.5, 0.6) is 5.75 Å². The van der Waals surface area contributed by atoms with Crippen LogP contribution in [0.3, 0.4) is 0 Å². The Labute approximate surface area is 192 Å². The highest BCUT2D eigenvalue weighted by Gasteiger charge is 2.28. The first-order valence-corrected chi connectivity index (χ1v) is 11.9. The number of ether oxygens (including phenoxy) is 1. The van der Waals surface area contributed by atoms with E-state index in [0.717, 1.165) is 0 Å². The first kappa shape index (κ1) is 22.3. The second kappa shape index (κ2) is 9.33. The van der Waals surface area contributed by atoms with Crippen molar-refractivity contribution in [3.05, 3.63) is 78.9 Å². The number of carbonyl (C=O) groups excluding carboxylic acids is 2. The number of carbonyl (C=O) groups is 2. The average molecular weight is 466 g/mol. The Bertz CT molecular complexity index is 1280. The fraction of sp³-hybridized carbons (Fsp3) is 0.167. The molecule has 0 atom stereocenters. The van der Waals surface area contributed by atoms with E-state index >= 15 is 0 Å². The minimum Gasteiger partial charge on any atom is -0.423 e. The monoisotopic (exact) mass is 465 g/mol.